The molecule has 0 radical (unpaired) electrons. The molecular weight excluding hydrogens is 518 g/mol. The van der Waals surface area contributed by atoms with Gasteiger partial charge in [-0.25, -0.2) is 4.68 Å². The van der Waals surface area contributed by atoms with E-state index in [1.54, 1.807) is 26.2 Å². The van der Waals surface area contributed by atoms with Gasteiger partial charge >= 0.3 is 5.97 Å². The molecule has 10 nitrogen and oxygen atoms in total. The summed E-state index contributed by atoms with van der Waals surface area (Å²) >= 11 is 1.55. The molecule has 5 heterocycles. The number of ether oxygens (including phenoxy) is 1. The Morgan fingerprint density at radius 2 is 1.97 bits per heavy atom. The Bertz CT molecular complexity index is 1330. The van der Waals surface area contributed by atoms with Crippen LogP contribution in [-0.4, -0.2) is 90.0 Å². The Balaban J connectivity index is 1.37. The van der Waals surface area contributed by atoms with Gasteiger partial charge in [0.2, 0.25) is 11.8 Å². The zero-order chi connectivity index (χ0) is 27.0. The number of unbranched alkanes of at least 4 members (excludes halogenated alkanes) is 2. The van der Waals surface area contributed by atoms with Crippen LogP contribution in [0.25, 0.3) is 11.0 Å². The molecule has 206 valence electrons. The Hall–Kier alpha value is -3.18. The first-order valence-corrected chi connectivity index (χ1v) is 14.6. The van der Waals surface area contributed by atoms with Crippen molar-refractivity contribution in [3.05, 3.63) is 48.6 Å². The van der Waals surface area contributed by atoms with Crippen molar-refractivity contribution in [3.8, 4) is 0 Å². The standard InChI is InChI=1S/C28H33N5O5S/c34-16-7-2-6-15-32-24-26(36)31(18-33-20-11-5-4-10-19(20)29-30-33)14-9-13-28(24)23(25(32)35)22-21(39-28)12-3-1-8-17-38-27(22)37/h3-5,9-13,21-24,34H,1-2,6-8,14-18H2/b12-3-/t21-,22+,23-,24?,28-/m0/s1. The zero-order valence-corrected chi connectivity index (χ0v) is 22.5. The molecule has 1 unspecified atom stereocenters. The number of carbonyl (C=O) groups is 3. The highest BCUT2D eigenvalue weighted by atomic mass is 32.2. The lowest BCUT2D eigenvalue weighted by Gasteiger charge is -2.35. The van der Waals surface area contributed by atoms with Gasteiger partial charge in [-0.05, 0) is 44.2 Å². The highest BCUT2D eigenvalue weighted by Crippen LogP contribution is 2.60. The van der Waals surface area contributed by atoms with E-state index in [9.17, 15) is 19.5 Å². The maximum Gasteiger partial charge on any atom is 0.311 e. The number of esters is 1. The molecule has 4 aliphatic rings. The van der Waals surface area contributed by atoms with E-state index in [1.807, 2.05) is 42.5 Å². The number of cyclic esters (lactones) is 1. The van der Waals surface area contributed by atoms with Gasteiger partial charge in [0.25, 0.3) is 0 Å². The maximum atomic E-state index is 14.4. The number of nitrogens with zero attached hydrogens (tertiary/aromatic N) is 5. The van der Waals surface area contributed by atoms with Gasteiger partial charge in [-0.1, -0.05) is 41.7 Å². The van der Waals surface area contributed by atoms with Crippen molar-refractivity contribution in [3.63, 3.8) is 0 Å². The van der Waals surface area contributed by atoms with E-state index in [-0.39, 0.29) is 36.3 Å². The van der Waals surface area contributed by atoms with Gasteiger partial charge in [-0.2, -0.15) is 0 Å². The lowest BCUT2D eigenvalue weighted by Crippen LogP contribution is -2.53. The van der Waals surface area contributed by atoms with Crippen molar-refractivity contribution in [2.45, 2.75) is 54.8 Å². The van der Waals surface area contributed by atoms with Crippen molar-refractivity contribution in [1.82, 2.24) is 24.8 Å². The van der Waals surface area contributed by atoms with Gasteiger partial charge < -0.3 is 19.6 Å². The number of hydrogen-bond acceptors (Lipinski definition) is 8. The molecule has 11 heteroatoms. The molecular formula is C28H33N5O5S. The lowest BCUT2D eigenvalue weighted by molar-refractivity contribution is -0.153. The summed E-state index contributed by atoms with van der Waals surface area (Å²) in [6.45, 7) is 1.37. The fourth-order valence-corrected chi connectivity index (χ4v) is 8.42. The number of allylic oxidation sites excluding steroid dienone is 1. The normalized spacial score (nSPS) is 31.3. The SMILES string of the molecule is O=C1OCCC/C=C\[C@@H]2S[C@]34C=CCN(Cn5nnc6ccccc65)C(=O)C3N(CCCCCO)C(=O)[C@@H]4[C@H]12. The zero-order valence-electron chi connectivity index (χ0n) is 21.7. The van der Waals surface area contributed by atoms with Crippen molar-refractivity contribution >= 4 is 40.6 Å². The third-order valence-corrected chi connectivity index (χ3v) is 9.96. The Kier molecular flexibility index (Phi) is 7.20. The minimum Gasteiger partial charge on any atom is -0.465 e. The van der Waals surface area contributed by atoms with Crippen LogP contribution in [0.4, 0.5) is 0 Å². The molecule has 2 amide bonds. The third kappa shape index (κ3) is 4.45. The van der Waals surface area contributed by atoms with Crippen molar-refractivity contribution in [1.29, 1.82) is 0 Å². The predicted molar refractivity (Wildman–Crippen MR) is 145 cm³/mol. The molecule has 2 fully saturated rings. The van der Waals surface area contributed by atoms with Gasteiger partial charge in [0.15, 0.2) is 0 Å². The molecule has 1 N–H and O–H groups in total. The van der Waals surface area contributed by atoms with Gasteiger partial charge in [0.05, 0.1) is 28.7 Å². The molecule has 2 aromatic rings. The van der Waals surface area contributed by atoms with Gasteiger partial charge in [-0.15, -0.1) is 16.9 Å². The van der Waals surface area contributed by atoms with E-state index in [2.05, 4.69) is 16.4 Å². The van der Waals surface area contributed by atoms with Crippen LogP contribution < -0.4 is 0 Å². The highest BCUT2D eigenvalue weighted by molar-refractivity contribution is 8.02. The summed E-state index contributed by atoms with van der Waals surface area (Å²) < 4.78 is 6.45. The summed E-state index contributed by atoms with van der Waals surface area (Å²) in [5.41, 5.74) is 1.57. The van der Waals surface area contributed by atoms with Crippen molar-refractivity contribution in [2.24, 2.45) is 11.8 Å². The fraction of sp³-hybridized carbons (Fsp3) is 0.536. The van der Waals surface area contributed by atoms with E-state index in [1.165, 1.54) is 0 Å². The van der Waals surface area contributed by atoms with Crippen LogP contribution in [0.5, 0.6) is 0 Å². The number of aliphatic hydroxyl groups is 1. The number of likely N-dealkylation sites (tertiary alicyclic amines) is 1. The Morgan fingerprint density at radius 3 is 2.85 bits per heavy atom. The van der Waals surface area contributed by atoms with E-state index in [4.69, 9.17) is 4.74 Å². The van der Waals surface area contributed by atoms with Crippen LogP contribution in [0, 0.1) is 11.8 Å². The number of fused-ring (bicyclic) bond motifs is 3. The van der Waals surface area contributed by atoms with E-state index >= 15 is 0 Å². The number of hydrogen-bond donors (Lipinski definition) is 1. The summed E-state index contributed by atoms with van der Waals surface area (Å²) in [6, 6.07) is 6.85. The number of benzene rings is 1. The Morgan fingerprint density at radius 1 is 1.10 bits per heavy atom. The largest absolute Gasteiger partial charge is 0.465 e. The van der Waals surface area contributed by atoms with Crippen LogP contribution in [0.2, 0.25) is 0 Å². The van der Waals surface area contributed by atoms with E-state index < -0.39 is 22.6 Å². The summed E-state index contributed by atoms with van der Waals surface area (Å²) in [4.78, 5) is 45.3. The topological polar surface area (TPSA) is 118 Å². The average Bonchev–Trinajstić information content (AvgIpc) is 3.54. The van der Waals surface area contributed by atoms with Crippen LogP contribution in [0.1, 0.15) is 32.1 Å². The van der Waals surface area contributed by atoms with Gasteiger partial charge in [-0.3, -0.25) is 14.4 Å². The molecule has 5 atom stereocenters. The molecule has 4 aliphatic heterocycles. The maximum absolute atomic E-state index is 14.4. The van der Waals surface area contributed by atoms with Crippen LogP contribution in [0.15, 0.2) is 48.6 Å². The van der Waals surface area contributed by atoms with Crippen molar-refractivity contribution in [2.75, 3.05) is 26.3 Å². The molecule has 1 spiro atoms. The number of aliphatic hydroxyl groups excluding tert-OH is 1. The van der Waals surface area contributed by atoms with Gasteiger partial charge in [0.1, 0.15) is 18.2 Å². The monoisotopic (exact) mass is 551 g/mol. The average molecular weight is 552 g/mol. The number of para-hydroxylation sites is 1. The molecule has 1 aromatic heterocycles. The second kappa shape index (κ2) is 10.8. The number of aromatic nitrogens is 3. The summed E-state index contributed by atoms with van der Waals surface area (Å²) in [6.07, 6.45) is 11.7. The van der Waals surface area contributed by atoms with Gasteiger partial charge in [0, 0.05) is 24.9 Å². The Labute approximate surface area is 231 Å². The first-order valence-electron chi connectivity index (χ1n) is 13.7. The summed E-state index contributed by atoms with van der Waals surface area (Å²) in [5, 5.41) is 17.5. The van der Waals surface area contributed by atoms with Crippen LogP contribution in [-0.2, 0) is 25.8 Å². The molecule has 2 saturated heterocycles. The molecule has 1 aromatic carbocycles. The molecule has 0 saturated carbocycles. The van der Waals surface area contributed by atoms with E-state index in [0.717, 1.165) is 30.3 Å². The first kappa shape index (κ1) is 26.1. The molecule has 0 bridgehead atoms. The number of thioether (sulfide) groups is 1. The van der Waals surface area contributed by atoms with Crippen molar-refractivity contribution < 1.29 is 24.2 Å². The number of rotatable bonds is 7. The van der Waals surface area contributed by atoms with Crippen LogP contribution in [0.3, 0.4) is 0 Å². The first-order chi connectivity index (χ1) is 19.0. The number of carbonyl (C=O) groups excluding carboxylic acids is 3. The molecule has 6 rings (SSSR count). The lowest BCUT2D eigenvalue weighted by atomic mass is 9.78. The van der Waals surface area contributed by atoms with E-state index in [0.29, 0.717) is 32.5 Å². The minimum absolute atomic E-state index is 0.0863. The van der Waals surface area contributed by atoms with Crippen LogP contribution >= 0.6 is 11.8 Å². The quantitative estimate of drug-likeness (QED) is 0.316. The fourth-order valence-electron chi connectivity index (χ4n) is 6.42. The summed E-state index contributed by atoms with van der Waals surface area (Å²) in [7, 11) is 0. The second-order valence-electron chi connectivity index (χ2n) is 10.6. The smallest absolute Gasteiger partial charge is 0.311 e. The predicted octanol–water partition coefficient (Wildman–Crippen LogP) is 2.14. The molecule has 39 heavy (non-hydrogen) atoms. The third-order valence-electron chi connectivity index (χ3n) is 8.22. The minimum atomic E-state index is -0.873. The highest BCUT2D eigenvalue weighted by Gasteiger charge is 2.70. The summed E-state index contributed by atoms with van der Waals surface area (Å²) in [5.74, 6) is -2.01. The second-order valence-corrected chi connectivity index (χ2v) is 12.1. The molecule has 0 aliphatic carbocycles. The number of amides is 2.